The summed E-state index contributed by atoms with van der Waals surface area (Å²) in [5.41, 5.74) is 0. The SMILES string of the molecule is CC/C=C\C/C=C\C/C=C\C/C=C\CCCCC(=O)OC[C@@H](COCCCCCCCCCCCCCCCCCC)OC(=O)CCCCC/C=C\C/C=C\C/C=C\C/C=C\CCCCC. The Labute approximate surface area is 409 Å². The molecule has 0 radical (unpaired) electrons. The molecule has 0 amide bonds. The minimum absolute atomic E-state index is 0.0481. The van der Waals surface area contributed by atoms with Gasteiger partial charge in [0.1, 0.15) is 6.61 Å². The summed E-state index contributed by atoms with van der Waals surface area (Å²) in [6.45, 7) is 7.62. The van der Waals surface area contributed by atoms with Crippen molar-refractivity contribution in [3.63, 3.8) is 0 Å². The number of allylic oxidation sites excluding steroid dienone is 16. The van der Waals surface area contributed by atoms with Crippen molar-refractivity contribution in [1.29, 1.82) is 0 Å². The highest BCUT2D eigenvalue weighted by molar-refractivity contribution is 5.70. The number of unbranched alkanes of at least 4 members (excludes halogenated alkanes) is 23. The van der Waals surface area contributed by atoms with Crippen LogP contribution in [0.15, 0.2) is 97.2 Å². The van der Waals surface area contributed by atoms with Gasteiger partial charge in [0.25, 0.3) is 0 Å². The van der Waals surface area contributed by atoms with Crippen LogP contribution in [0.2, 0.25) is 0 Å². The number of ether oxygens (including phenoxy) is 3. The lowest BCUT2D eigenvalue weighted by molar-refractivity contribution is -0.163. The molecule has 0 aromatic heterocycles. The molecule has 0 saturated carbocycles. The first-order valence-corrected chi connectivity index (χ1v) is 27.8. The quantitative estimate of drug-likeness (QED) is 0.0346. The van der Waals surface area contributed by atoms with Crippen molar-refractivity contribution >= 4 is 11.9 Å². The molecule has 1 atom stereocenters. The average molecular weight is 917 g/mol. The van der Waals surface area contributed by atoms with Crippen molar-refractivity contribution < 1.29 is 23.8 Å². The van der Waals surface area contributed by atoms with Crippen LogP contribution < -0.4 is 0 Å². The summed E-state index contributed by atoms with van der Waals surface area (Å²) in [5, 5.41) is 0. The lowest BCUT2D eigenvalue weighted by atomic mass is 10.0. The fourth-order valence-corrected chi connectivity index (χ4v) is 7.48. The normalized spacial score (nSPS) is 13.0. The first-order valence-electron chi connectivity index (χ1n) is 27.8. The van der Waals surface area contributed by atoms with Gasteiger partial charge in [0.2, 0.25) is 0 Å². The predicted molar refractivity (Wildman–Crippen MR) is 288 cm³/mol. The van der Waals surface area contributed by atoms with E-state index in [1.165, 1.54) is 116 Å². The van der Waals surface area contributed by atoms with E-state index in [4.69, 9.17) is 14.2 Å². The van der Waals surface area contributed by atoms with Gasteiger partial charge in [-0.15, -0.1) is 0 Å². The fourth-order valence-electron chi connectivity index (χ4n) is 7.48. The molecule has 5 heteroatoms. The largest absolute Gasteiger partial charge is 0.462 e. The molecule has 0 rings (SSSR count). The van der Waals surface area contributed by atoms with Gasteiger partial charge in [0.05, 0.1) is 6.61 Å². The topological polar surface area (TPSA) is 61.8 Å². The summed E-state index contributed by atoms with van der Waals surface area (Å²) in [6, 6.07) is 0. The Balaban J connectivity index is 4.40. The number of rotatable bonds is 50. The minimum atomic E-state index is -0.574. The van der Waals surface area contributed by atoms with E-state index in [1.807, 2.05) is 0 Å². The Morgan fingerprint density at radius 3 is 1.14 bits per heavy atom. The van der Waals surface area contributed by atoms with Gasteiger partial charge in [-0.2, -0.15) is 0 Å². The second-order valence-corrected chi connectivity index (χ2v) is 18.1. The molecule has 0 aliphatic heterocycles. The summed E-state index contributed by atoms with van der Waals surface area (Å²) < 4.78 is 17.4. The van der Waals surface area contributed by atoms with Gasteiger partial charge in [0.15, 0.2) is 6.10 Å². The van der Waals surface area contributed by atoms with Gasteiger partial charge >= 0.3 is 11.9 Å². The van der Waals surface area contributed by atoms with Crippen LogP contribution >= 0.6 is 0 Å². The van der Waals surface area contributed by atoms with E-state index in [0.29, 0.717) is 19.4 Å². The van der Waals surface area contributed by atoms with Crippen LogP contribution in [0, 0.1) is 0 Å². The molecule has 66 heavy (non-hydrogen) atoms. The van der Waals surface area contributed by atoms with Crippen LogP contribution in [0.5, 0.6) is 0 Å². The molecule has 0 heterocycles. The number of esters is 2. The van der Waals surface area contributed by atoms with Crippen molar-refractivity contribution in [3.8, 4) is 0 Å². The minimum Gasteiger partial charge on any atom is -0.462 e. The monoisotopic (exact) mass is 917 g/mol. The zero-order valence-corrected chi connectivity index (χ0v) is 43.4. The molecular formula is C61H104O5. The van der Waals surface area contributed by atoms with Gasteiger partial charge in [-0.1, -0.05) is 234 Å². The Bertz CT molecular complexity index is 1270. The highest BCUT2D eigenvalue weighted by atomic mass is 16.6. The Morgan fingerprint density at radius 1 is 0.348 bits per heavy atom. The van der Waals surface area contributed by atoms with Crippen LogP contribution in [-0.4, -0.2) is 37.9 Å². The van der Waals surface area contributed by atoms with Crippen LogP contribution in [0.25, 0.3) is 0 Å². The number of hydrogen-bond acceptors (Lipinski definition) is 5. The Hall–Kier alpha value is -3.18. The van der Waals surface area contributed by atoms with Crippen LogP contribution in [-0.2, 0) is 23.8 Å². The molecule has 0 fully saturated rings. The van der Waals surface area contributed by atoms with Crippen molar-refractivity contribution in [2.45, 2.75) is 258 Å². The molecule has 378 valence electrons. The molecule has 0 spiro atoms. The third-order valence-corrected chi connectivity index (χ3v) is 11.6. The molecule has 0 bridgehead atoms. The van der Waals surface area contributed by atoms with E-state index in [9.17, 15) is 9.59 Å². The lowest BCUT2D eigenvalue weighted by Gasteiger charge is -2.18. The lowest BCUT2D eigenvalue weighted by Crippen LogP contribution is -2.30. The van der Waals surface area contributed by atoms with Crippen LogP contribution in [0.3, 0.4) is 0 Å². The molecule has 0 aliphatic rings. The van der Waals surface area contributed by atoms with E-state index in [0.717, 1.165) is 103 Å². The molecule has 0 aromatic rings. The molecule has 0 aromatic carbocycles. The Kier molecular flexibility index (Phi) is 53.4. The molecule has 0 unspecified atom stereocenters. The second kappa shape index (κ2) is 56.1. The summed E-state index contributed by atoms with van der Waals surface area (Å²) in [6.07, 6.45) is 75.7. The van der Waals surface area contributed by atoms with Gasteiger partial charge in [0, 0.05) is 19.4 Å². The predicted octanol–water partition coefficient (Wildman–Crippen LogP) is 19.0. The maximum atomic E-state index is 12.8. The van der Waals surface area contributed by atoms with Crippen molar-refractivity contribution in [2.24, 2.45) is 0 Å². The molecule has 5 nitrogen and oxygen atoms in total. The smallest absolute Gasteiger partial charge is 0.306 e. The van der Waals surface area contributed by atoms with Crippen molar-refractivity contribution in [3.05, 3.63) is 97.2 Å². The second-order valence-electron chi connectivity index (χ2n) is 18.1. The van der Waals surface area contributed by atoms with Gasteiger partial charge in [-0.3, -0.25) is 9.59 Å². The van der Waals surface area contributed by atoms with Gasteiger partial charge in [-0.05, 0) is 103 Å². The number of carbonyl (C=O) groups excluding carboxylic acids is 2. The molecule has 0 saturated heterocycles. The summed E-state index contributed by atoms with van der Waals surface area (Å²) in [5.74, 6) is -0.478. The summed E-state index contributed by atoms with van der Waals surface area (Å²) >= 11 is 0. The maximum Gasteiger partial charge on any atom is 0.306 e. The third kappa shape index (κ3) is 53.4. The maximum absolute atomic E-state index is 12.8. The summed E-state index contributed by atoms with van der Waals surface area (Å²) in [4.78, 5) is 25.5. The van der Waals surface area contributed by atoms with E-state index in [2.05, 4.69) is 118 Å². The van der Waals surface area contributed by atoms with Gasteiger partial charge < -0.3 is 14.2 Å². The van der Waals surface area contributed by atoms with Crippen LogP contribution in [0.1, 0.15) is 252 Å². The fraction of sp³-hybridized carbons (Fsp3) is 0.705. The zero-order chi connectivity index (χ0) is 47.7. The van der Waals surface area contributed by atoms with Crippen molar-refractivity contribution in [2.75, 3.05) is 19.8 Å². The third-order valence-electron chi connectivity index (χ3n) is 11.6. The highest BCUT2D eigenvalue weighted by Gasteiger charge is 2.17. The highest BCUT2D eigenvalue weighted by Crippen LogP contribution is 2.15. The first-order chi connectivity index (χ1) is 32.6. The molecular weight excluding hydrogens is 813 g/mol. The Morgan fingerprint density at radius 2 is 0.682 bits per heavy atom. The van der Waals surface area contributed by atoms with Gasteiger partial charge in [-0.25, -0.2) is 0 Å². The molecule has 0 N–H and O–H groups in total. The van der Waals surface area contributed by atoms with E-state index in [1.54, 1.807) is 0 Å². The number of carbonyl (C=O) groups is 2. The molecule has 0 aliphatic carbocycles. The van der Waals surface area contributed by atoms with E-state index in [-0.39, 0.29) is 25.2 Å². The average Bonchev–Trinajstić information content (AvgIpc) is 3.32. The van der Waals surface area contributed by atoms with Crippen molar-refractivity contribution in [1.82, 2.24) is 0 Å². The van der Waals surface area contributed by atoms with Crippen LogP contribution in [0.4, 0.5) is 0 Å². The van der Waals surface area contributed by atoms with E-state index >= 15 is 0 Å². The zero-order valence-electron chi connectivity index (χ0n) is 43.4. The first kappa shape index (κ1) is 62.8. The standard InChI is InChI=1S/C61H104O5/c1-4-7-10-13-16-19-22-25-28-30-31-32-34-37-40-43-46-49-52-55-61(63)66-59(57-64-56-53-50-47-44-41-38-35-29-26-23-20-17-14-11-8-5-2)58-65-60(62)54-51-48-45-42-39-36-33-27-24-21-18-15-12-9-6-3/h9,12,16,18-19,21,25,27-28,31-33,37,39-40,42,59H,4-8,10-11,13-15,17,20,22-24,26,29-30,34-36,38,41,43-58H2,1-3H3/b12-9-,19-16-,21-18-,28-25-,32-31-,33-27-,40-37-,42-39-/t59-/m1/s1. The van der Waals surface area contributed by atoms with E-state index < -0.39 is 6.10 Å². The number of hydrogen-bond donors (Lipinski definition) is 0. The summed E-state index contributed by atoms with van der Waals surface area (Å²) in [7, 11) is 0.